The van der Waals surface area contributed by atoms with E-state index in [9.17, 15) is 18.0 Å². The maximum atomic E-state index is 12.6. The highest BCUT2D eigenvalue weighted by molar-refractivity contribution is 7.91. The highest BCUT2D eigenvalue weighted by atomic mass is 32.2. The van der Waals surface area contributed by atoms with Gasteiger partial charge < -0.3 is 9.88 Å². The zero-order valence-electron chi connectivity index (χ0n) is 15.9. The second-order valence-corrected chi connectivity index (χ2v) is 8.61. The monoisotopic (exact) mass is 399 g/mol. The van der Waals surface area contributed by atoms with Crippen LogP contribution in [0, 0.1) is 6.92 Å². The minimum absolute atomic E-state index is 0.0189. The normalized spacial score (nSPS) is 11.5. The number of fused-ring (bicyclic) bond motifs is 1. The van der Waals surface area contributed by atoms with E-state index in [-0.39, 0.29) is 22.1 Å². The Morgan fingerprint density at radius 3 is 2.39 bits per heavy atom. The number of benzene rings is 2. The predicted molar refractivity (Wildman–Crippen MR) is 109 cm³/mol. The molecule has 0 fully saturated rings. The molecule has 8 heteroatoms. The number of sulfone groups is 1. The number of nitrogens with zero attached hydrogens (tertiary/aromatic N) is 2. The number of aromatic nitrogens is 2. The Morgan fingerprint density at radius 1 is 1.11 bits per heavy atom. The molecule has 1 amide bonds. The van der Waals surface area contributed by atoms with Gasteiger partial charge in [-0.3, -0.25) is 9.59 Å². The molecule has 3 rings (SSSR count). The maximum absolute atomic E-state index is 12.6. The number of rotatable bonds is 5. The number of hydrogen-bond acceptors (Lipinski definition) is 5. The third-order valence-corrected chi connectivity index (χ3v) is 6.29. The highest BCUT2D eigenvalue weighted by Crippen LogP contribution is 2.18. The third kappa shape index (κ3) is 3.68. The van der Waals surface area contributed by atoms with Gasteiger partial charge in [-0.15, -0.1) is 0 Å². The van der Waals surface area contributed by atoms with Crippen LogP contribution in [0.1, 0.15) is 29.9 Å². The lowest BCUT2D eigenvalue weighted by molar-refractivity contribution is 0.102. The zero-order chi connectivity index (χ0) is 20.5. The molecule has 0 radical (unpaired) electrons. The average molecular weight is 399 g/mol. The summed E-state index contributed by atoms with van der Waals surface area (Å²) in [6, 6.07) is 11.0. The summed E-state index contributed by atoms with van der Waals surface area (Å²) in [5, 5.41) is 2.74. The van der Waals surface area contributed by atoms with Crippen LogP contribution in [0.3, 0.4) is 0 Å². The number of nitrogens with one attached hydrogen (secondary N) is 1. The first-order chi connectivity index (χ1) is 13.3. The van der Waals surface area contributed by atoms with E-state index in [0.29, 0.717) is 34.5 Å². The van der Waals surface area contributed by atoms with Crippen molar-refractivity contribution in [3.8, 4) is 0 Å². The molecule has 0 aliphatic carbocycles. The summed E-state index contributed by atoms with van der Waals surface area (Å²) in [6.45, 7) is 5.62. The molecular weight excluding hydrogens is 378 g/mol. The predicted octanol–water partition coefficient (Wildman–Crippen LogP) is 2.77. The minimum atomic E-state index is -3.28. The van der Waals surface area contributed by atoms with Gasteiger partial charge in [-0.2, -0.15) is 0 Å². The fourth-order valence-corrected chi connectivity index (χ4v) is 3.83. The van der Waals surface area contributed by atoms with Crippen molar-refractivity contribution in [2.75, 3.05) is 11.1 Å². The molecular formula is C20H21N3O4S. The van der Waals surface area contributed by atoms with Gasteiger partial charge >= 0.3 is 0 Å². The van der Waals surface area contributed by atoms with Crippen molar-refractivity contribution in [1.82, 2.24) is 9.55 Å². The Kier molecular flexibility index (Phi) is 5.33. The van der Waals surface area contributed by atoms with E-state index in [4.69, 9.17) is 0 Å². The van der Waals surface area contributed by atoms with Crippen LogP contribution in [0.5, 0.6) is 0 Å². The fraction of sp³-hybridized carbons (Fsp3) is 0.250. The molecule has 28 heavy (non-hydrogen) atoms. The number of amides is 1. The molecule has 0 bridgehead atoms. The van der Waals surface area contributed by atoms with Crippen molar-refractivity contribution >= 4 is 32.5 Å². The summed E-state index contributed by atoms with van der Waals surface area (Å²) in [6.07, 6.45) is 0. The molecule has 0 saturated heterocycles. The maximum Gasteiger partial charge on any atom is 0.272 e. The molecule has 7 nitrogen and oxygen atoms in total. The first-order valence-corrected chi connectivity index (χ1v) is 10.6. The van der Waals surface area contributed by atoms with Crippen molar-refractivity contribution in [2.24, 2.45) is 0 Å². The molecule has 0 atom stereocenters. The van der Waals surface area contributed by atoms with Crippen LogP contribution >= 0.6 is 0 Å². The molecule has 0 spiro atoms. The SMILES string of the molecule is CCn1c(=O)c(C)nc2cc(C(=O)Nc3ccc(S(=O)(=O)CC)cc3)ccc21. The summed E-state index contributed by atoms with van der Waals surface area (Å²) < 4.78 is 25.3. The van der Waals surface area contributed by atoms with Crippen LogP contribution in [-0.2, 0) is 16.4 Å². The molecule has 0 aliphatic heterocycles. The van der Waals surface area contributed by atoms with Crippen LogP contribution in [0.2, 0.25) is 0 Å². The highest BCUT2D eigenvalue weighted by Gasteiger charge is 2.13. The molecule has 0 aliphatic rings. The van der Waals surface area contributed by atoms with Crippen molar-refractivity contribution in [2.45, 2.75) is 32.2 Å². The Hall–Kier alpha value is -3.00. The number of anilines is 1. The van der Waals surface area contributed by atoms with E-state index in [0.717, 1.165) is 0 Å². The lowest BCUT2D eigenvalue weighted by atomic mass is 10.1. The number of carbonyl (C=O) groups is 1. The number of aryl methyl sites for hydroxylation is 2. The van der Waals surface area contributed by atoms with Gasteiger partial charge in [0.15, 0.2) is 9.84 Å². The van der Waals surface area contributed by atoms with Gasteiger partial charge in [0.1, 0.15) is 5.69 Å². The lowest BCUT2D eigenvalue weighted by Gasteiger charge is -2.11. The minimum Gasteiger partial charge on any atom is -0.322 e. The van der Waals surface area contributed by atoms with Gasteiger partial charge in [-0.05, 0) is 56.3 Å². The quantitative estimate of drug-likeness (QED) is 0.711. The molecule has 3 aromatic rings. The van der Waals surface area contributed by atoms with Gasteiger partial charge in [0.2, 0.25) is 0 Å². The van der Waals surface area contributed by atoms with Crippen molar-refractivity contribution in [3.05, 3.63) is 64.1 Å². The van der Waals surface area contributed by atoms with Crippen LogP contribution in [0.25, 0.3) is 11.0 Å². The van der Waals surface area contributed by atoms with Crippen LogP contribution in [-0.4, -0.2) is 29.6 Å². The Labute approximate surface area is 163 Å². The Morgan fingerprint density at radius 2 is 1.79 bits per heavy atom. The number of carbonyl (C=O) groups excluding carboxylic acids is 1. The Bertz CT molecular complexity index is 1210. The molecule has 1 N–H and O–H groups in total. The first kappa shape index (κ1) is 19.8. The van der Waals surface area contributed by atoms with Crippen molar-refractivity contribution < 1.29 is 13.2 Å². The van der Waals surface area contributed by atoms with Gasteiger partial charge in [0, 0.05) is 17.8 Å². The summed E-state index contributed by atoms with van der Waals surface area (Å²) in [5.41, 5.74) is 2.35. The van der Waals surface area contributed by atoms with Crippen molar-refractivity contribution in [3.63, 3.8) is 0 Å². The fourth-order valence-electron chi connectivity index (χ4n) is 2.95. The summed E-state index contributed by atoms with van der Waals surface area (Å²) in [5.74, 6) is -0.327. The topological polar surface area (TPSA) is 98.1 Å². The first-order valence-electron chi connectivity index (χ1n) is 8.92. The molecule has 0 saturated carbocycles. The van der Waals surface area contributed by atoms with E-state index < -0.39 is 9.84 Å². The van der Waals surface area contributed by atoms with Crippen LogP contribution in [0.15, 0.2) is 52.2 Å². The van der Waals surface area contributed by atoms with E-state index in [1.165, 1.54) is 12.1 Å². The summed E-state index contributed by atoms with van der Waals surface area (Å²) in [4.78, 5) is 29.3. The molecule has 1 heterocycles. The van der Waals surface area contributed by atoms with Gasteiger partial charge in [0.05, 0.1) is 21.7 Å². The van der Waals surface area contributed by atoms with Gasteiger partial charge in [-0.25, -0.2) is 13.4 Å². The van der Waals surface area contributed by atoms with E-state index in [1.54, 1.807) is 48.7 Å². The van der Waals surface area contributed by atoms with E-state index >= 15 is 0 Å². The van der Waals surface area contributed by atoms with Crippen molar-refractivity contribution in [1.29, 1.82) is 0 Å². The van der Waals surface area contributed by atoms with E-state index in [2.05, 4.69) is 10.3 Å². The molecule has 0 unspecified atom stereocenters. The second kappa shape index (κ2) is 7.55. The van der Waals surface area contributed by atoms with E-state index in [1.807, 2.05) is 6.92 Å². The molecule has 146 valence electrons. The largest absolute Gasteiger partial charge is 0.322 e. The third-order valence-electron chi connectivity index (χ3n) is 4.54. The smallest absolute Gasteiger partial charge is 0.272 e. The molecule has 1 aromatic heterocycles. The summed E-state index contributed by atoms with van der Waals surface area (Å²) in [7, 11) is -3.28. The lowest BCUT2D eigenvalue weighted by Crippen LogP contribution is -2.23. The van der Waals surface area contributed by atoms with Gasteiger partial charge in [0.25, 0.3) is 11.5 Å². The standard InChI is InChI=1S/C20H21N3O4S/c1-4-23-18-11-6-14(12-17(18)21-13(3)20(23)25)19(24)22-15-7-9-16(10-8-15)28(26,27)5-2/h6-12H,4-5H2,1-3H3,(H,22,24). The summed E-state index contributed by atoms with van der Waals surface area (Å²) >= 11 is 0. The van der Waals surface area contributed by atoms with Gasteiger partial charge in [-0.1, -0.05) is 6.92 Å². The Balaban J connectivity index is 1.90. The average Bonchev–Trinajstić information content (AvgIpc) is 2.69. The zero-order valence-corrected chi connectivity index (χ0v) is 16.7. The van der Waals surface area contributed by atoms with Crippen LogP contribution < -0.4 is 10.9 Å². The number of hydrogen-bond donors (Lipinski definition) is 1. The second-order valence-electron chi connectivity index (χ2n) is 6.33. The van der Waals surface area contributed by atoms with Crippen LogP contribution in [0.4, 0.5) is 5.69 Å². The molecule has 2 aromatic carbocycles.